The fraction of sp³-hybridized carbons (Fsp3) is 0.657. The van der Waals surface area contributed by atoms with E-state index in [4.69, 9.17) is 4.74 Å². The Labute approximate surface area is 280 Å². The number of aromatic nitrogens is 2. The maximum absolute atomic E-state index is 12.9. The molecule has 0 saturated heterocycles. The number of para-hydroxylation sites is 1. The number of anilines is 2. The molecule has 13 heteroatoms. The molecule has 1 aromatic heterocycles. The first-order valence-electron chi connectivity index (χ1n) is 17.1. The quantitative estimate of drug-likeness (QED) is 0.213. The van der Waals surface area contributed by atoms with Gasteiger partial charge in [-0.25, -0.2) is 9.78 Å². The molecule has 5 fully saturated rings. The number of alkyl carbamates (subject to hydrolysis) is 1. The molecular weight excluding hydrogens is 623 g/mol. The van der Waals surface area contributed by atoms with Crippen LogP contribution < -0.4 is 26.0 Å². The van der Waals surface area contributed by atoms with Gasteiger partial charge in [-0.3, -0.25) is 0 Å². The normalized spacial score (nSPS) is 29.5. The molecule has 1 heterocycles. The minimum absolute atomic E-state index is 0.0167. The summed E-state index contributed by atoms with van der Waals surface area (Å²) in [5.74, 6) is 2.26. The van der Waals surface area contributed by atoms with Gasteiger partial charge in [0.05, 0.1) is 6.20 Å². The van der Waals surface area contributed by atoms with Gasteiger partial charge in [0.25, 0.3) is 0 Å². The van der Waals surface area contributed by atoms with Crippen molar-refractivity contribution in [2.75, 3.05) is 17.2 Å². The van der Waals surface area contributed by atoms with Crippen LogP contribution in [0.4, 0.5) is 29.7 Å². The van der Waals surface area contributed by atoms with Crippen molar-refractivity contribution in [2.24, 2.45) is 23.2 Å². The second-order valence-electron chi connectivity index (χ2n) is 15.3. The van der Waals surface area contributed by atoms with Gasteiger partial charge in [-0.15, -0.1) is 13.2 Å². The first-order valence-corrected chi connectivity index (χ1v) is 17.1. The third kappa shape index (κ3) is 8.43. The van der Waals surface area contributed by atoms with E-state index in [9.17, 15) is 23.2 Å². The fourth-order valence-corrected chi connectivity index (χ4v) is 8.84. The fourth-order valence-electron chi connectivity index (χ4n) is 8.84. The van der Waals surface area contributed by atoms with Crippen LogP contribution in [-0.2, 0) is 11.3 Å². The van der Waals surface area contributed by atoms with E-state index in [1.807, 2.05) is 20.8 Å². The summed E-state index contributed by atoms with van der Waals surface area (Å²) in [5, 5.41) is 23.3. The van der Waals surface area contributed by atoms with Crippen LogP contribution in [0.5, 0.6) is 5.75 Å². The molecule has 5 saturated carbocycles. The molecule has 1 unspecified atom stereocenters. The summed E-state index contributed by atoms with van der Waals surface area (Å²) in [4.78, 5) is 21.0. The van der Waals surface area contributed by atoms with Gasteiger partial charge in [0.1, 0.15) is 28.8 Å². The van der Waals surface area contributed by atoms with Crippen LogP contribution >= 0.6 is 0 Å². The van der Waals surface area contributed by atoms with E-state index in [2.05, 4.69) is 42.0 Å². The van der Waals surface area contributed by atoms with Gasteiger partial charge in [0.15, 0.2) is 0 Å². The van der Waals surface area contributed by atoms with Gasteiger partial charge in [0, 0.05) is 36.8 Å². The summed E-state index contributed by atoms with van der Waals surface area (Å²) in [7, 11) is 0. The molecule has 0 radical (unpaired) electrons. The number of hydrogen-bond donors (Lipinski definition) is 4. The van der Waals surface area contributed by atoms with Crippen molar-refractivity contribution in [3.8, 4) is 11.8 Å². The first kappa shape index (κ1) is 34.1. The van der Waals surface area contributed by atoms with E-state index < -0.39 is 12.0 Å². The molecule has 0 aliphatic heterocycles. The average molecular weight is 670 g/mol. The number of nitrogens with one attached hydrogen (secondary N) is 4. The second kappa shape index (κ2) is 13.6. The molecule has 4 N–H and O–H groups in total. The molecule has 5 aliphatic carbocycles. The van der Waals surface area contributed by atoms with Crippen LogP contribution in [0.25, 0.3) is 0 Å². The number of carbonyl (C=O) groups is 1. The number of ether oxygens (including phenoxy) is 2. The third-order valence-corrected chi connectivity index (χ3v) is 10.5. The summed E-state index contributed by atoms with van der Waals surface area (Å²) in [5.41, 5.74) is 0.251. The van der Waals surface area contributed by atoms with Crippen LogP contribution in [0.15, 0.2) is 30.5 Å². The largest absolute Gasteiger partial charge is 0.573 e. The lowest BCUT2D eigenvalue weighted by Crippen LogP contribution is -2.61. The predicted molar refractivity (Wildman–Crippen MR) is 174 cm³/mol. The molecular formula is C35H46F3N7O3. The Morgan fingerprint density at radius 1 is 1.02 bits per heavy atom. The van der Waals surface area contributed by atoms with Crippen molar-refractivity contribution >= 4 is 17.9 Å². The first-order chi connectivity index (χ1) is 22.8. The molecule has 260 valence electrons. The molecule has 7 rings (SSSR count). The number of amides is 1. The van der Waals surface area contributed by atoms with E-state index in [-0.39, 0.29) is 35.8 Å². The lowest BCUT2D eigenvalue weighted by Gasteiger charge is -2.61. The van der Waals surface area contributed by atoms with Crippen molar-refractivity contribution in [2.45, 2.75) is 115 Å². The smallest absolute Gasteiger partial charge is 0.444 e. The molecule has 10 nitrogen and oxygen atoms in total. The minimum Gasteiger partial charge on any atom is -0.444 e. The highest BCUT2D eigenvalue weighted by Crippen LogP contribution is 2.60. The van der Waals surface area contributed by atoms with Crippen molar-refractivity contribution in [1.82, 2.24) is 20.6 Å². The van der Waals surface area contributed by atoms with E-state index in [1.165, 1.54) is 31.2 Å². The zero-order valence-electron chi connectivity index (χ0n) is 27.8. The summed E-state index contributed by atoms with van der Waals surface area (Å²) >= 11 is 0. The Morgan fingerprint density at radius 3 is 2.38 bits per heavy atom. The number of alkyl halides is 3. The van der Waals surface area contributed by atoms with Crippen molar-refractivity contribution in [3.05, 3.63) is 41.6 Å². The van der Waals surface area contributed by atoms with Gasteiger partial charge in [0.2, 0.25) is 5.95 Å². The Morgan fingerprint density at radius 2 is 1.71 bits per heavy atom. The number of nitrogens with zero attached hydrogens (tertiary/aromatic N) is 3. The van der Waals surface area contributed by atoms with Crippen LogP contribution in [-0.4, -0.2) is 52.7 Å². The van der Waals surface area contributed by atoms with Gasteiger partial charge >= 0.3 is 12.5 Å². The average Bonchev–Trinajstić information content (AvgIpc) is 3.00. The molecule has 1 aromatic carbocycles. The number of nitriles is 1. The molecule has 2 aromatic rings. The van der Waals surface area contributed by atoms with Crippen LogP contribution in [0.3, 0.4) is 0 Å². The van der Waals surface area contributed by atoms with Crippen LogP contribution in [0, 0.1) is 34.5 Å². The van der Waals surface area contributed by atoms with Crippen LogP contribution in [0.2, 0.25) is 0 Å². The number of rotatable bonds is 10. The van der Waals surface area contributed by atoms with Crippen molar-refractivity contribution < 1.29 is 27.4 Å². The van der Waals surface area contributed by atoms with E-state index in [0.29, 0.717) is 53.3 Å². The molecule has 48 heavy (non-hydrogen) atoms. The Kier molecular flexibility index (Phi) is 9.67. The zero-order chi connectivity index (χ0) is 34.1. The molecule has 1 amide bonds. The molecule has 0 spiro atoms. The lowest BCUT2D eigenvalue weighted by molar-refractivity contribution is -0.274. The highest BCUT2D eigenvalue weighted by molar-refractivity contribution is 5.68. The highest BCUT2D eigenvalue weighted by Gasteiger charge is 2.55. The highest BCUT2D eigenvalue weighted by atomic mass is 19.4. The van der Waals surface area contributed by atoms with E-state index in [0.717, 1.165) is 44.9 Å². The zero-order valence-corrected chi connectivity index (χ0v) is 27.8. The van der Waals surface area contributed by atoms with Gasteiger partial charge in [-0.1, -0.05) is 18.2 Å². The molecule has 5 aliphatic rings. The standard InChI is InChI=1S/C35H46F3N7O3/c1-33(2,3)48-32(46)44-27-10-8-26(9-11-27)43-29-23-12-21-13-24(29)16-34(14-21,15-23)20-42-30-25(17-39)19-41-31(45-30)40-18-22-6-4-5-7-28(22)47-35(36,37)38/h4-7,19,21,23-24,26-27,29,43H,8-16,18,20H2,1-3H3,(H,44,46)(H2,40,41,42,45)/t21?,23-,24+,26-,27+,29-,34-. The predicted octanol–water partition coefficient (Wildman–Crippen LogP) is 6.89. The summed E-state index contributed by atoms with van der Waals surface area (Å²) in [6.07, 6.45) is 6.16. The summed E-state index contributed by atoms with van der Waals surface area (Å²) < 4.78 is 48.2. The van der Waals surface area contributed by atoms with Crippen molar-refractivity contribution in [1.29, 1.82) is 5.26 Å². The minimum atomic E-state index is -4.80. The SMILES string of the molecule is CC(C)(C)OC(=O)N[C@H]1CC[C@@H](N[C@@H]2[C@@H]3CC4C[C@H]2C[C@@](CNc2nc(NCc5ccccc5OC(F)(F)F)ncc2C#N)(C4)C3)CC1. The monoisotopic (exact) mass is 669 g/mol. The number of benzene rings is 1. The molecule has 5 atom stereocenters. The number of hydrogen-bond acceptors (Lipinski definition) is 9. The van der Waals surface area contributed by atoms with Crippen molar-refractivity contribution in [3.63, 3.8) is 0 Å². The third-order valence-electron chi connectivity index (χ3n) is 10.5. The maximum Gasteiger partial charge on any atom is 0.573 e. The number of halogens is 3. The Balaban J connectivity index is 1.03. The maximum atomic E-state index is 12.9. The molecule has 4 bridgehead atoms. The Hall–Kier alpha value is -3.79. The van der Waals surface area contributed by atoms with Gasteiger partial charge in [-0.05, 0) is 108 Å². The van der Waals surface area contributed by atoms with E-state index in [1.54, 1.807) is 12.1 Å². The summed E-state index contributed by atoms with van der Waals surface area (Å²) in [6.45, 7) is 6.35. The van der Waals surface area contributed by atoms with Gasteiger partial charge < -0.3 is 30.7 Å². The topological polar surface area (TPSA) is 133 Å². The van der Waals surface area contributed by atoms with Crippen LogP contribution in [0.1, 0.15) is 89.7 Å². The summed E-state index contributed by atoms with van der Waals surface area (Å²) in [6, 6.07) is 9.20. The lowest BCUT2D eigenvalue weighted by atomic mass is 9.47. The number of carbonyl (C=O) groups excluding carboxylic acids is 1. The van der Waals surface area contributed by atoms with Gasteiger partial charge in [-0.2, -0.15) is 10.2 Å². The Bertz CT molecular complexity index is 1480. The second-order valence-corrected chi connectivity index (χ2v) is 15.3. The van der Waals surface area contributed by atoms with E-state index >= 15 is 0 Å².